The van der Waals surface area contributed by atoms with Crippen molar-refractivity contribution in [2.24, 2.45) is 0 Å². The second-order valence-corrected chi connectivity index (χ2v) is 8.06. The smallest absolute Gasteiger partial charge is 0.225 e. The molecule has 0 fully saturated rings. The summed E-state index contributed by atoms with van der Waals surface area (Å²) in [5.74, 6) is 0.542. The van der Waals surface area contributed by atoms with Crippen LogP contribution in [0.4, 0.5) is 5.82 Å². The van der Waals surface area contributed by atoms with Gasteiger partial charge >= 0.3 is 0 Å². The molecule has 0 aliphatic carbocycles. The van der Waals surface area contributed by atoms with Gasteiger partial charge in [0.05, 0.1) is 12.3 Å². The third-order valence-corrected chi connectivity index (χ3v) is 5.38. The molecule has 0 saturated carbocycles. The van der Waals surface area contributed by atoms with Crippen molar-refractivity contribution in [1.29, 1.82) is 0 Å². The maximum atomic E-state index is 11.9. The van der Waals surface area contributed by atoms with E-state index in [-0.39, 0.29) is 17.4 Å². The average Bonchev–Trinajstić information content (AvgIpc) is 3.01. The zero-order chi connectivity index (χ0) is 17.4. The molecule has 0 bridgehead atoms. The van der Waals surface area contributed by atoms with Gasteiger partial charge in [-0.05, 0) is 18.4 Å². The first-order chi connectivity index (χ1) is 11.5. The lowest BCUT2D eigenvalue weighted by molar-refractivity contribution is -0.116. The van der Waals surface area contributed by atoms with E-state index in [1.54, 1.807) is 19.2 Å². The van der Waals surface area contributed by atoms with Crippen molar-refractivity contribution in [3.8, 4) is 0 Å². The molecule has 0 aliphatic heterocycles. The number of aromatic nitrogens is 2. The number of aryl methyl sites for hydroxylation is 2. The largest absolute Gasteiger partial charge is 0.309 e. The van der Waals surface area contributed by atoms with Gasteiger partial charge in [-0.3, -0.25) is 9.48 Å². The summed E-state index contributed by atoms with van der Waals surface area (Å²) < 4.78 is 24.5. The summed E-state index contributed by atoms with van der Waals surface area (Å²) in [6.07, 6.45) is 3.72. The van der Waals surface area contributed by atoms with Crippen molar-refractivity contribution in [2.75, 3.05) is 16.8 Å². The van der Waals surface area contributed by atoms with Crippen LogP contribution in [0.25, 0.3) is 0 Å². The number of nitrogens with zero attached hydrogens (tertiary/aromatic N) is 2. The quantitative estimate of drug-likeness (QED) is 0.753. The van der Waals surface area contributed by atoms with Crippen LogP contribution in [0.3, 0.4) is 0 Å². The van der Waals surface area contributed by atoms with Crippen LogP contribution in [-0.4, -0.2) is 35.6 Å². The fraction of sp³-hybridized carbons (Fsp3) is 0.412. The van der Waals surface area contributed by atoms with Crippen LogP contribution in [0, 0.1) is 0 Å². The monoisotopic (exact) mass is 349 g/mol. The Bertz CT molecular complexity index is 754. The molecule has 1 aromatic carbocycles. The van der Waals surface area contributed by atoms with Gasteiger partial charge in [-0.2, -0.15) is 5.10 Å². The highest BCUT2D eigenvalue weighted by Crippen LogP contribution is 2.07. The number of carbonyl (C=O) groups is 1. The van der Waals surface area contributed by atoms with E-state index in [2.05, 4.69) is 10.4 Å². The van der Waals surface area contributed by atoms with E-state index in [4.69, 9.17) is 0 Å². The number of nitrogens with one attached hydrogen (secondary N) is 1. The maximum Gasteiger partial charge on any atom is 0.225 e. The second kappa shape index (κ2) is 8.63. The predicted molar refractivity (Wildman–Crippen MR) is 94.6 cm³/mol. The number of benzene rings is 1. The lowest BCUT2D eigenvalue weighted by atomic mass is 10.1. The Morgan fingerprint density at radius 1 is 1.21 bits per heavy atom. The Balaban J connectivity index is 1.74. The van der Waals surface area contributed by atoms with Crippen molar-refractivity contribution in [2.45, 2.75) is 32.7 Å². The highest BCUT2D eigenvalue weighted by Gasteiger charge is 2.09. The predicted octanol–water partition coefficient (Wildman–Crippen LogP) is 2.28. The molecular formula is C17H23N3O3S. The molecule has 0 unspecified atom stereocenters. The molecule has 1 aromatic heterocycles. The zero-order valence-electron chi connectivity index (χ0n) is 13.8. The number of carbonyl (C=O) groups excluding carboxylic acids is 1. The van der Waals surface area contributed by atoms with Gasteiger partial charge in [0.1, 0.15) is 0 Å². The molecule has 0 aliphatic rings. The first-order valence-corrected chi connectivity index (χ1v) is 9.88. The first kappa shape index (κ1) is 18.2. The maximum absolute atomic E-state index is 11.9. The number of sulfone groups is 1. The van der Waals surface area contributed by atoms with Gasteiger partial charge in [-0.1, -0.05) is 37.3 Å². The zero-order valence-corrected chi connectivity index (χ0v) is 14.6. The minimum absolute atomic E-state index is 0.0512. The molecular weight excluding hydrogens is 326 g/mol. The highest BCUT2D eigenvalue weighted by atomic mass is 32.2. The molecule has 24 heavy (non-hydrogen) atoms. The average molecular weight is 349 g/mol. The first-order valence-electron chi connectivity index (χ1n) is 8.06. The van der Waals surface area contributed by atoms with Crippen molar-refractivity contribution in [1.82, 2.24) is 9.78 Å². The second-order valence-electron chi connectivity index (χ2n) is 5.59. The molecule has 0 atom stereocenters. The summed E-state index contributed by atoms with van der Waals surface area (Å²) in [4.78, 5) is 11.9. The van der Waals surface area contributed by atoms with Crippen molar-refractivity contribution >= 4 is 21.6 Å². The van der Waals surface area contributed by atoms with E-state index < -0.39 is 9.84 Å². The van der Waals surface area contributed by atoms with E-state index in [9.17, 15) is 13.2 Å². The number of hydrogen-bond acceptors (Lipinski definition) is 4. The van der Waals surface area contributed by atoms with Gasteiger partial charge in [0, 0.05) is 24.4 Å². The summed E-state index contributed by atoms with van der Waals surface area (Å²) >= 11 is 0. The molecule has 1 N–H and O–H groups in total. The Hall–Kier alpha value is -2.15. The Morgan fingerprint density at radius 3 is 2.67 bits per heavy atom. The van der Waals surface area contributed by atoms with Crippen LogP contribution in [0.2, 0.25) is 0 Å². The van der Waals surface area contributed by atoms with E-state index in [0.717, 1.165) is 12.8 Å². The molecule has 130 valence electrons. The number of rotatable bonds is 9. The lowest BCUT2D eigenvalue weighted by Gasteiger charge is -2.04. The van der Waals surface area contributed by atoms with Crippen molar-refractivity contribution < 1.29 is 13.2 Å². The lowest BCUT2D eigenvalue weighted by Crippen LogP contribution is -2.16. The molecule has 1 heterocycles. The van der Waals surface area contributed by atoms with E-state index in [0.29, 0.717) is 18.8 Å². The number of amides is 1. The normalized spacial score (nSPS) is 11.4. The van der Waals surface area contributed by atoms with Gasteiger partial charge < -0.3 is 5.32 Å². The van der Waals surface area contributed by atoms with Crippen LogP contribution < -0.4 is 5.32 Å². The minimum Gasteiger partial charge on any atom is -0.309 e. The number of hydrogen-bond donors (Lipinski definition) is 1. The minimum atomic E-state index is -3.02. The SMILES string of the molecule is CCS(=O)(=O)CCn1ccc(NC(=O)CCCc2ccccc2)n1. The summed E-state index contributed by atoms with van der Waals surface area (Å²) in [7, 11) is -3.02. The van der Waals surface area contributed by atoms with Crippen LogP contribution in [-0.2, 0) is 27.6 Å². The highest BCUT2D eigenvalue weighted by molar-refractivity contribution is 7.91. The van der Waals surface area contributed by atoms with Gasteiger partial charge in [0.2, 0.25) is 5.91 Å². The standard InChI is InChI=1S/C17H23N3O3S/c1-2-24(22,23)14-13-20-12-11-16(19-20)18-17(21)10-6-9-15-7-4-3-5-8-15/h3-5,7-8,11-12H,2,6,9-10,13-14H2,1H3,(H,18,19,21). The van der Waals surface area contributed by atoms with Crippen molar-refractivity contribution in [3.05, 3.63) is 48.2 Å². The Morgan fingerprint density at radius 2 is 1.96 bits per heavy atom. The third kappa shape index (κ3) is 6.16. The van der Waals surface area contributed by atoms with E-state index >= 15 is 0 Å². The Kier molecular flexibility index (Phi) is 6.54. The molecule has 2 rings (SSSR count). The summed E-state index contributed by atoms with van der Waals surface area (Å²) in [6.45, 7) is 1.92. The molecule has 0 radical (unpaired) electrons. The van der Waals surface area contributed by atoms with Crippen molar-refractivity contribution in [3.63, 3.8) is 0 Å². The van der Waals surface area contributed by atoms with Crippen LogP contribution in [0.1, 0.15) is 25.3 Å². The van der Waals surface area contributed by atoms with Gasteiger partial charge in [0.15, 0.2) is 15.7 Å². The van der Waals surface area contributed by atoms with Crippen LogP contribution in [0.5, 0.6) is 0 Å². The van der Waals surface area contributed by atoms with Gasteiger partial charge in [-0.25, -0.2) is 8.42 Å². The van der Waals surface area contributed by atoms with Gasteiger partial charge in [-0.15, -0.1) is 0 Å². The van der Waals surface area contributed by atoms with Crippen LogP contribution in [0.15, 0.2) is 42.6 Å². The third-order valence-electron chi connectivity index (χ3n) is 3.69. The Labute approximate surface area is 142 Å². The molecule has 6 nitrogen and oxygen atoms in total. The molecule has 1 amide bonds. The summed E-state index contributed by atoms with van der Waals surface area (Å²) in [5.41, 5.74) is 1.21. The van der Waals surface area contributed by atoms with E-state index in [1.165, 1.54) is 10.2 Å². The molecule has 2 aromatic rings. The van der Waals surface area contributed by atoms with Crippen LogP contribution >= 0.6 is 0 Å². The molecule has 0 spiro atoms. The molecule has 0 saturated heterocycles. The number of anilines is 1. The molecule has 7 heteroatoms. The summed E-state index contributed by atoms with van der Waals surface area (Å²) in [6, 6.07) is 11.7. The van der Waals surface area contributed by atoms with E-state index in [1.807, 2.05) is 30.3 Å². The van der Waals surface area contributed by atoms with Gasteiger partial charge in [0.25, 0.3) is 0 Å². The fourth-order valence-corrected chi connectivity index (χ4v) is 2.99. The summed E-state index contributed by atoms with van der Waals surface area (Å²) in [5, 5.41) is 6.91. The topological polar surface area (TPSA) is 81.1 Å². The fourth-order valence-electron chi connectivity index (χ4n) is 2.23.